The van der Waals surface area contributed by atoms with Crippen LogP contribution in [-0.2, 0) is 0 Å². The van der Waals surface area contributed by atoms with Gasteiger partial charge in [-0.05, 0) is 38.1 Å². The highest BCUT2D eigenvalue weighted by atomic mass is 16.5. The summed E-state index contributed by atoms with van der Waals surface area (Å²) in [5.41, 5.74) is 2.31. The molecule has 2 saturated heterocycles. The van der Waals surface area contributed by atoms with E-state index in [9.17, 15) is 0 Å². The van der Waals surface area contributed by atoms with Gasteiger partial charge in [-0.25, -0.2) is 0 Å². The lowest BCUT2D eigenvalue weighted by molar-refractivity contribution is 0.215. The number of ether oxygens (including phenoxy) is 1. The molecule has 5 nitrogen and oxygen atoms in total. The van der Waals surface area contributed by atoms with Crippen molar-refractivity contribution in [2.45, 2.75) is 12.8 Å². The maximum absolute atomic E-state index is 5.48. The predicted octanol–water partition coefficient (Wildman–Crippen LogP) is 1.95. The van der Waals surface area contributed by atoms with E-state index < -0.39 is 0 Å². The van der Waals surface area contributed by atoms with Crippen molar-refractivity contribution in [3.05, 3.63) is 18.2 Å². The van der Waals surface area contributed by atoms with Crippen molar-refractivity contribution in [2.24, 2.45) is 0 Å². The summed E-state index contributed by atoms with van der Waals surface area (Å²) >= 11 is 0. The Labute approximate surface area is 140 Å². The molecule has 0 spiro atoms. The molecule has 128 valence electrons. The first kappa shape index (κ1) is 16.4. The average Bonchev–Trinajstić information content (AvgIpc) is 3.13. The van der Waals surface area contributed by atoms with Crippen molar-refractivity contribution in [1.29, 1.82) is 0 Å². The van der Waals surface area contributed by atoms with Crippen LogP contribution in [0.15, 0.2) is 18.2 Å². The summed E-state index contributed by atoms with van der Waals surface area (Å²) in [6.45, 7) is 9.58. The van der Waals surface area contributed by atoms with Crippen LogP contribution >= 0.6 is 0 Å². The van der Waals surface area contributed by atoms with E-state index in [0.717, 1.165) is 37.6 Å². The van der Waals surface area contributed by atoms with E-state index >= 15 is 0 Å². The highest BCUT2D eigenvalue weighted by molar-refractivity contribution is 5.64. The minimum Gasteiger partial charge on any atom is -0.495 e. The minimum absolute atomic E-state index is 0.918. The van der Waals surface area contributed by atoms with E-state index in [2.05, 4.69) is 38.2 Å². The van der Waals surface area contributed by atoms with Gasteiger partial charge >= 0.3 is 0 Å². The van der Waals surface area contributed by atoms with E-state index in [0.29, 0.717) is 0 Å². The molecule has 0 amide bonds. The Bertz CT molecular complexity index is 494. The van der Waals surface area contributed by atoms with E-state index in [1.165, 1.54) is 44.7 Å². The molecular weight excluding hydrogens is 288 g/mol. The number of methoxy groups -OCH3 is 1. The zero-order valence-corrected chi connectivity index (χ0v) is 14.6. The van der Waals surface area contributed by atoms with E-state index in [4.69, 9.17) is 4.74 Å². The summed E-state index contributed by atoms with van der Waals surface area (Å²) in [5, 5.41) is 3.17. The molecule has 5 heteroatoms. The van der Waals surface area contributed by atoms with Crippen molar-refractivity contribution >= 4 is 11.4 Å². The normalized spacial score (nSPS) is 20.0. The largest absolute Gasteiger partial charge is 0.495 e. The molecular formula is C18H30N4O. The average molecular weight is 318 g/mol. The number of piperazine rings is 1. The molecule has 0 atom stereocenters. The van der Waals surface area contributed by atoms with Crippen LogP contribution in [0, 0.1) is 0 Å². The van der Waals surface area contributed by atoms with Gasteiger partial charge in [0.05, 0.1) is 12.8 Å². The van der Waals surface area contributed by atoms with Crippen LogP contribution in [-0.4, -0.2) is 76.3 Å². The predicted molar refractivity (Wildman–Crippen MR) is 96.9 cm³/mol. The number of nitrogens with zero attached hydrogens (tertiary/aromatic N) is 3. The Hall–Kier alpha value is -1.46. The highest BCUT2D eigenvalue weighted by Crippen LogP contribution is 2.29. The molecule has 0 saturated carbocycles. The summed E-state index contributed by atoms with van der Waals surface area (Å²) in [7, 11) is 3.66. The standard InChI is InChI=1S/C18H30N4O/c1-19-17-6-5-16(15-18(17)23-2)22-13-11-21(12-14-22)10-9-20-7-3-4-8-20/h5-6,15,19H,3-4,7-14H2,1-2H3. The van der Waals surface area contributed by atoms with Crippen LogP contribution < -0.4 is 15.0 Å². The zero-order valence-electron chi connectivity index (χ0n) is 14.6. The lowest BCUT2D eigenvalue weighted by atomic mass is 10.2. The molecule has 2 aliphatic heterocycles. The Morgan fingerprint density at radius 2 is 1.61 bits per heavy atom. The quantitative estimate of drug-likeness (QED) is 0.866. The van der Waals surface area contributed by atoms with Gasteiger partial charge in [-0.3, -0.25) is 4.90 Å². The first-order valence-electron chi connectivity index (χ1n) is 8.85. The lowest BCUT2D eigenvalue weighted by Crippen LogP contribution is -2.48. The van der Waals surface area contributed by atoms with Crippen molar-refractivity contribution in [1.82, 2.24) is 9.80 Å². The third-order valence-electron chi connectivity index (χ3n) is 5.12. The molecule has 1 aromatic rings. The fourth-order valence-corrected chi connectivity index (χ4v) is 3.60. The SMILES string of the molecule is CNc1ccc(N2CCN(CCN3CCCC3)CC2)cc1OC. The fraction of sp³-hybridized carbons (Fsp3) is 0.667. The van der Waals surface area contributed by atoms with Crippen molar-refractivity contribution in [3.63, 3.8) is 0 Å². The first-order chi connectivity index (χ1) is 11.3. The monoisotopic (exact) mass is 318 g/mol. The molecule has 2 fully saturated rings. The van der Waals surface area contributed by atoms with E-state index in [1.54, 1.807) is 7.11 Å². The topological polar surface area (TPSA) is 31.0 Å². The van der Waals surface area contributed by atoms with Crippen LogP contribution in [0.2, 0.25) is 0 Å². The first-order valence-corrected chi connectivity index (χ1v) is 8.85. The number of rotatable bonds is 6. The molecule has 0 radical (unpaired) electrons. The number of hydrogen-bond acceptors (Lipinski definition) is 5. The van der Waals surface area contributed by atoms with Gasteiger partial charge in [0, 0.05) is 58.1 Å². The van der Waals surface area contributed by atoms with Crippen molar-refractivity contribution in [2.75, 3.05) is 76.7 Å². The van der Waals surface area contributed by atoms with Crippen LogP contribution in [0.5, 0.6) is 5.75 Å². The van der Waals surface area contributed by atoms with Gasteiger partial charge < -0.3 is 19.9 Å². The van der Waals surface area contributed by atoms with Gasteiger partial charge in [0.1, 0.15) is 5.75 Å². The Balaban J connectivity index is 1.50. The Morgan fingerprint density at radius 3 is 2.22 bits per heavy atom. The third kappa shape index (κ3) is 4.09. The third-order valence-corrected chi connectivity index (χ3v) is 5.12. The molecule has 0 aliphatic carbocycles. The molecule has 2 aliphatic rings. The minimum atomic E-state index is 0.918. The Kier molecular flexibility index (Phi) is 5.62. The smallest absolute Gasteiger partial charge is 0.144 e. The van der Waals surface area contributed by atoms with E-state index in [-0.39, 0.29) is 0 Å². The van der Waals surface area contributed by atoms with Crippen molar-refractivity contribution < 1.29 is 4.74 Å². The maximum atomic E-state index is 5.48. The number of anilines is 2. The van der Waals surface area contributed by atoms with Crippen LogP contribution in [0.4, 0.5) is 11.4 Å². The van der Waals surface area contributed by atoms with Gasteiger partial charge in [0.25, 0.3) is 0 Å². The summed E-state index contributed by atoms with van der Waals surface area (Å²) in [4.78, 5) is 7.68. The molecule has 3 rings (SSSR count). The van der Waals surface area contributed by atoms with Crippen molar-refractivity contribution in [3.8, 4) is 5.75 Å². The Morgan fingerprint density at radius 1 is 0.957 bits per heavy atom. The number of nitrogens with one attached hydrogen (secondary N) is 1. The molecule has 2 heterocycles. The second-order valence-corrected chi connectivity index (χ2v) is 6.51. The maximum Gasteiger partial charge on any atom is 0.144 e. The van der Waals surface area contributed by atoms with Crippen LogP contribution in [0.25, 0.3) is 0 Å². The molecule has 0 aromatic heterocycles. The van der Waals surface area contributed by atoms with Crippen LogP contribution in [0.3, 0.4) is 0 Å². The summed E-state index contributed by atoms with van der Waals surface area (Å²) in [6, 6.07) is 6.44. The van der Waals surface area contributed by atoms with E-state index in [1.807, 2.05) is 7.05 Å². The summed E-state index contributed by atoms with van der Waals surface area (Å²) in [5.74, 6) is 0.918. The molecule has 1 N–H and O–H groups in total. The van der Waals surface area contributed by atoms with Gasteiger partial charge in [-0.15, -0.1) is 0 Å². The molecule has 1 aromatic carbocycles. The highest BCUT2D eigenvalue weighted by Gasteiger charge is 2.19. The molecule has 0 unspecified atom stereocenters. The summed E-state index contributed by atoms with van der Waals surface area (Å²) in [6.07, 6.45) is 2.77. The second-order valence-electron chi connectivity index (χ2n) is 6.51. The number of benzene rings is 1. The van der Waals surface area contributed by atoms with Gasteiger partial charge in [0.2, 0.25) is 0 Å². The number of likely N-dealkylation sites (tertiary alicyclic amines) is 1. The van der Waals surface area contributed by atoms with Crippen LogP contribution in [0.1, 0.15) is 12.8 Å². The number of hydrogen-bond donors (Lipinski definition) is 1. The second kappa shape index (κ2) is 7.88. The van der Waals surface area contributed by atoms with Gasteiger partial charge in [-0.1, -0.05) is 0 Å². The lowest BCUT2D eigenvalue weighted by Gasteiger charge is -2.37. The molecule has 0 bridgehead atoms. The molecule has 23 heavy (non-hydrogen) atoms. The van der Waals surface area contributed by atoms with Gasteiger partial charge in [-0.2, -0.15) is 0 Å². The summed E-state index contributed by atoms with van der Waals surface area (Å²) < 4.78 is 5.48. The zero-order chi connectivity index (χ0) is 16.1. The fourth-order valence-electron chi connectivity index (χ4n) is 3.60. The van der Waals surface area contributed by atoms with Gasteiger partial charge in [0.15, 0.2) is 0 Å².